The Morgan fingerprint density at radius 2 is 1.25 bits per heavy atom. The standard InChI is InChI=1S/C8H11N.F6P/c1-7(9)8-5-3-2-4-6-8;1-7(2,3,4,5)6/h2-7H,9H2,1H3;/q;-1/p+1. The first-order chi connectivity index (χ1) is 6.75. The number of quaternary nitrogens is 1. The van der Waals surface area contributed by atoms with E-state index in [9.17, 15) is 25.2 Å². The van der Waals surface area contributed by atoms with E-state index in [0.717, 1.165) is 0 Å². The van der Waals surface area contributed by atoms with Gasteiger partial charge in [-0.2, -0.15) is 0 Å². The minimum atomic E-state index is -10.7. The second kappa shape index (κ2) is 3.89. The Kier molecular flexibility index (Phi) is 3.69. The van der Waals surface area contributed by atoms with Gasteiger partial charge in [-0.25, -0.2) is 0 Å². The van der Waals surface area contributed by atoms with Crippen LogP contribution in [0.5, 0.6) is 0 Å². The molecule has 16 heavy (non-hydrogen) atoms. The Morgan fingerprint density at radius 1 is 0.938 bits per heavy atom. The Morgan fingerprint density at radius 3 is 1.44 bits per heavy atom. The molecule has 0 aliphatic heterocycles. The molecule has 0 spiro atoms. The summed E-state index contributed by atoms with van der Waals surface area (Å²) in [6.07, 6.45) is 0. The van der Waals surface area contributed by atoms with Crippen molar-refractivity contribution >= 4 is 7.81 Å². The third-order valence-corrected chi connectivity index (χ3v) is 1.37. The number of hydrogen-bond donors (Lipinski definition) is 1. The van der Waals surface area contributed by atoms with Crippen LogP contribution in [-0.2, 0) is 0 Å². The molecule has 1 aromatic rings. The van der Waals surface area contributed by atoms with Crippen molar-refractivity contribution in [3.05, 3.63) is 35.9 Å². The van der Waals surface area contributed by atoms with Crippen molar-refractivity contribution < 1.29 is 30.9 Å². The first kappa shape index (κ1) is 15.2. The van der Waals surface area contributed by atoms with E-state index in [4.69, 9.17) is 0 Å². The van der Waals surface area contributed by atoms with E-state index in [0.29, 0.717) is 6.04 Å². The summed E-state index contributed by atoms with van der Waals surface area (Å²) in [6, 6.07) is 10.7. The summed E-state index contributed by atoms with van der Waals surface area (Å²) >= 11 is 0. The van der Waals surface area contributed by atoms with Gasteiger partial charge in [0.05, 0.1) is 0 Å². The molecular weight excluding hydrogens is 255 g/mol. The van der Waals surface area contributed by atoms with Gasteiger partial charge in [-0.1, -0.05) is 30.3 Å². The summed E-state index contributed by atoms with van der Waals surface area (Å²) in [5, 5.41) is 0. The maximum absolute atomic E-state index is 10.7. The van der Waals surface area contributed by atoms with Gasteiger partial charge in [-0.15, -0.1) is 0 Å². The molecule has 96 valence electrons. The summed E-state index contributed by atoms with van der Waals surface area (Å²) in [5.41, 5.74) is 5.21. The zero-order valence-corrected chi connectivity index (χ0v) is 9.28. The molecule has 0 aromatic heterocycles. The van der Waals surface area contributed by atoms with Gasteiger partial charge in [-0.05, 0) is 6.92 Å². The molecule has 0 aliphatic carbocycles. The summed E-state index contributed by atoms with van der Waals surface area (Å²) in [5.74, 6) is 0. The van der Waals surface area contributed by atoms with Crippen LogP contribution in [0.1, 0.15) is 18.5 Å². The van der Waals surface area contributed by atoms with Crippen LogP contribution in [0, 0.1) is 0 Å². The minimum absolute atomic E-state index is 0.409. The van der Waals surface area contributed by atoms with Gasteiger partial charge >= 0.3 is 33.0 Å². The Hall–Kier alpha value is -0.810. The van der Waals surface area contributed by atoms with E-state index < -0.39 is 7.81 Å². The molecule has 1 atom stereocenters. The van der Waals surface area contributed by atoms with Crippen molar-refractivity contribution in [1.82, 2.24) is 0 Å². The first-order valence-corrected chi connectivity index (χ1v) is 6.23. The predicted molar refractivity (Wildman–Crippen MR) is 51.3 cm³/mol. The first-order valence-electron chi connectivity index (χ1n) is 4.20. The third-order valence-electron chi connectivity index (χ3n) is 1.37. The van der Waals surface area contributed by atoms with Gasteiger partial charge in [0.1, 0.15) is 6.04 Å². The summed E-state index contributed by atoms with van der Waals surface area (Å²) < 4.78 is 59.2. The molecule has 0 saturated heterocycles. The van der Waals surface area contributed by atoms with Crippen LogP contribution < -0.4 is 5.73 Å². The quantitative estimate of drug-likeness (QED) is 0.578. The zero-order valence-electron chi connectivity index (χ0n) is 8.39. The van der Waals surface area contributed by atoms with Crippen LogP contribution in [0.25, 0.3) is 0 Å². The Bertz CT molecular complexity index is 317. The number of halogens is 6. The molecule has 3 N–H and O–H groups in total. The van der Waals surface area contributed by atoms with E-state index in [-0.39, 0.29) is 0 Å². The molecule has 0 saturated carbocycles. The van der Waals surface area contributed by atoms with Crippen LogP contribution in [-0.4, -0.2) is 0 Å². The third kappa shape index (κ3) is 15.7. The molecular formula is C8H12F6NP. The van der Waals surface area contributed by atoms with Crippen molar-refractivity contribution in [3.8, 4) is 0 Å². The van der Waals surface area contributed by atoms with Crippen LogP contribution in [0.3, 0.4) is 0 Å². The van der Waals surface area contributed by atoms with Crippen LogP contribution in [0.4, 0.5) is 25.2 Å². The molecule has 8 heteroatoms. The van der Waals surface area contributed by atoms with Gasteiger partial charge < -0.3 is 5.73 Å². The van der Waals surface area contributed by atoms with E-state index in [1.54, 1.807) is 0 Å². The fourth-order valence-electron chi connectivity index (χ4n) is 0.782. The van der Waals surface area contributed by atoms with Gasteiger partial charge in [0.2, 0.25) is 0 Å². The number of rotatable bonds is 1. The van der Waals surface area contributed by atoms with Crippen LogP contribution >= 0.6 is 7.81 Å². The SMILES string of the molecule is CC([NH3+])c1ccccc1.F[P-](F)(F)(F)(F)F. The number of benzene rings is 1. The van der Waals surface area contributed by atoms with Crippen LogP contribution in [0.2, 0.25) is 0 Å². The monoisotopic (exact) mass is 267 g/mol. The van der Waals surface area contributed by atoms with Gasteiger partial charge in [0.25, 0.3) is 0 Å². The Labute approximate surface area is 88.5 Å². The predicted octanol–water partition coefficient (Wildman–Crippen LogP) is 4.37. The molecule has 0 fully saturated rings. The fraction of sp³-hybridized carbons (Fsp3) is 0.250. The topological polar surface area (TPSA) is 27.6 Å². The summed E-state index contributed by atoms with van der Waals surface area (Å²) in [7, 11) is -10.7. The molecule has 1 nitrogen and oxygen atoms in total. The van der Waals surface area contributed by atoms with E-state index in [2.05, 4.69) is 24.8 Å². The molecule has 0 amide bonds. The summed E-state index contributed by atoms with van der Waals surface area (Å²) in [6.45, 7) is 2.09. The van der Waals surface area contributed by atoms with Crippen LogP contribution in [0.15, 0.2) is 30.3 Å². The molecule has 0 radical (unpaired) electrons. The summed E-state index contributed by atoms with van der Waals surface area (Å²) in [4.78, 5) is 0. The molecule has 1 unspecified atom stereocenters. The van der Waals surface area contributed by atoms with E-state index >= 15 is 0 Å². The average Bonchev–Trinajstić information content (AvgIpc) is 2.00. The second-order valence-electron chi connectivity index (χ2n) is 3.27. The second-order valence-corrected chi connectivity index (χ2v) is 5.19. The van der Waals surface area contributed by atoms with Crippen molar-refractivity contribution in [2.45, 2.75) is 13.0 Å². The van der Waals surface area contributed by atoms with Gasteiger partial charge in [0, 0.05) is 5.56 Å². The van der Waals surface area contributed by atoms with E-state index in [1.807, 2.05) is 18.2 Å². The number of hydrogen-bond acceptors (Lipinski definition) is 0. The zero-order chi connectivity index (χ0) is 13.1. The molecule has 1 rings (SSSR count). The normalized spacial score (nSPS) is 17.5. The maximum atomic E-state index is 9.87. The van der Waals surface area contributed by atoms with Crippen molar-refractivity contribution in [3.63, 3.8) is 0 Å². The van der Waals surface area contributed by atoms with E-state index in [1.165, 1.54) is 5.56 Å². The molecule has 0 heterocycles. The molecule has 1 aromatic carbocycles. The Balaban J connectivity index is 0.000000293. The van der Waals surface area contributed by atoms with Crippen molar-refractivity contribution in [2.24, 2.45) is 0 Å². The van der Waals surface area contributed by atoms with Crippen molar-refractivity contribution in [1.29, 1.82) is 0 Å². The van der Waals surface area contributed by atoms with Gasteiger partial charge in [0.15, 0.2) is 0 Å². The molecule has 0 bridgehead atoms. The van der Waals surface area contributed by atoms with Crippen molar-refractivity contribution in [2.75, 3.05) is 0 Å². The fourth-order valence-corrected chi connectivity index (χ4v) is 0.782. The molecule has 0 aliphatic rings. The van der Waals surface area contributed by atoms with Gasteiger partial charge in [-0.3, -0.25) is 0 Å². The average molecular weight is 267 g/mol.